The van der Waals surface area contributed by atoms with Crippen molar-refractivity contribution in [2.45, 2.75) is 26.4 Å². The summed E-state index contributed by atoms with van der Waals surface area (Å²) in [6, 6.07) is 13.0. The van der Waals surface area contributed by atoms with Gasteiger partial charge in [-0.2, -0.15) is 0 Å². The van der Waals surface area contributed by atoms with Crippen LogP contribution in [0.3, 0.4) is 0 Å². The second kappa shape index (κ2) is 11.6. The molecule has 0 spiro atoms. The molecule has 180 valence electrons. The van der Waals surface area contributed by atoms with Crippen LogP contribution < -0.4 is 19.1 Å². The first kappa shape index (κ1) is 26.0. The number of carbonyl (C=O) groups is 2. The molecule has 1 atom stereocenters. The lowest BCUT2D eigenvalue weighted by atomic mass is 10.1. The first-order chi connectivity index (χ1) is 15.6. The van der Waals surface area contributed by atoms with Crippen LogP contribution in [0.1, 0.15) is 19.4 Å². The van der Waals surface area contributed by atoms with Crippen LogP contribution in [0.25, 0.3) is 0 Å². The Morgan fingerprint density at radius 2 is 1.73 bits per heavy atom. The zero-order valence-corrected chi connectivity index (χ0v) is 20.4. The number of amides is 2. The van der Waals surface area contributed by atoms with Crippen molar-refractivity contribution in [2.75, 3.05) is 37.9 Å². The van der Waals surface area contributed by atoms with Gasteiger partial charge in [-0.05, 0) is 31.5 Å². The molecular formula is C23H31N3O6S. The van der Waals surface area contributed by atoms with E-state index in [1.165, 1.54) is 31.3 Å². The van der Waals surface area contributed by atoms with Crippen LogP contribution in [0.2, 0.25) is 0 Å². The number of rotatable bonds is 11. The highest BCUT2D eigenvalue weighted by molar-refractivity contribution is 7.92. The average molecular weight is 478 g/mol. The molecule has 2 rings (SSSR count). The number of likely N-dealkylation sites (N-methyl/N-ethyl adjacent to an activating group) is 1. The third kappa shape index (κ3) is 6.85. The fourth-order valence-electron chi connectivity index (χ4n) is 3.27. The maximum Gasteiger partial charge on any atom is 0.244 e. The van der Waals surface area contributed by atoms with Crippen LogP contribution in [-0.4, -0.2) is 64.7 Å². The van der Waals surface area contributed by atoms with Gasteiger partial charge in [0.2, 0.25) is 21.8 Å². The lowest BCUT2D eigenvalue weighted by molar-refractivity contribution is -0.139. The molecule has 0 aliphatic carbocycles. The fraction of sp³-hybridized carbons (Fsp3) is 0.391. The number of sulfonamides is 1. The third-order valence-electron chi connectivity index (χ3n) is 5.05. The van der Waals surface area contributed by atoms with Crippen LogP contribution in [0.15, 0.2) is 48.5 Å². The Bertz CT molecular complexity index is 1060. The van der Waals surface area contributed by atoms with Gasteiger partial charge in [0.05, 0.1) is 26.2 Å². The van der Waals surface area contributed by atoms with Gasteiger partial charge in [-0.25, -0.2) is 8.42 Å². The van der Waals surface area contributed by atoms with Gasteiger partial charge < -0.3 is 19.7 Å². The zero-order valence-electron chi connectivity index (χ0n) is 19.6. The van der Waals surface area contributed by atoms with Gasteiger partial charge in [-0.15, -0.1) is 0 Å². The van der Waals surface area contributed by atoms with Crippen molar-refractivity contribution < 1.29 is 27.5 Å². The number of anilines is 1. The van der Waals surface area contributed by atoms with Crippen LogP contribution in [0, 0.1) is 0 Å². The van der Waals surface area contributed by atoms with E-state index < -0.39 is 28.5 Å². The van der Waals surface area contributed by atoms with E-state index in [9.17, 15) is 18.0 Å². The van der Waals surface area contributed by atoms with E-state index in [0.717, 1.165) is 16.1 Å². The molecule has 2 amide bonds. The Morgan fingerprint density at radius 1 is 1.06 bits per heavy atom. The summed E-state index contributed by atoms with van der Waals surface area (Å²) in [5, 5.41) is 2.71. The van der Waals surface area contributed by atoms with Crippen molar-refractivity contribution in [2.24, 2.45) is 0 Å². The number of hydrogen-bond acceptors (Lipinski definition) is 6. The number of methoxy groups -OCH3 is 2. The fourth-order valence-corrected chi connectivity index (χ4v) is 4.12. The number of nitrogens with one attached hydrogen (secondary N) is 1. The molecule has 0 heterocycles. The molecule has 1 unspecified atom stereocenters. The third-order valence-corrected chi connectivity index (χ3v) is 6.18. The van der Waals surface area contributed by atoms with Crippen molar-refractivity contribution in [3.63, 3.8) is 0 Å². The molecule has 0 saturated carbocycles. The van der Waals surface area contributed by atoms with E-state index in [-0.39, 0.29) is 23.9 Å². The molecule has 0 bridgehead atoms. The van der Waals surface area contributed by atoms with E-state index in [2.05, 4.69) is 5.32 Å². The topological polar surface area (TPSA) is 105 Å². The Hall–Kier alpha value is -3.27. The molecule has 2 aromatic carbocycles. The number of hydrogen-bond donors (Lipinski definition) is 1. The number of ether oxygens (including phenoxy) is 2. The number of benzene rings is 2. The van der Waals surface area contributed by atoms with Crippen molar-refractivity contribution in [3.8, 4) is 11.5 Å². The lowest BCUT2D eigenvalue weighted by Gasteiger charge is -2.31. The summed E-state index contributed by atoms with van der Waals surface area (Å²) in [6.45, 7) is 3.46. The van der Waals surface area contributed by atoms with Gasteiger partial charge in [0.15, 0.2) is 0 Å². The minimum absolute atomic E-state index is 0.148. The largest absolute Gasteiger partial charge is 0.497 e. The lowest BCUT2D eigenvalue weighted by Crippen LogP contribution is -2.51. The summed E-state index contributed by atoms with van der Waals surface area (Å²) >= 11 is 0. The summed E-state index contributed by atoms with van der Waals surface area (Å²) in [4.78, 5) is 27.3. The summed E-state index contributed by atoms with van der Waals surface area (Å²) in [6.07, 6.45) is 1.01. The molecule has 33 heavy (non-hydrogen) atoms. The van der Waals surface area contributed by atoms with E-state index >= 15 is 0 Å². The maximum atomic E-state index is 13.4. The summed E-state index contributed by atoms with van der Waals surface area (Å²) in [5.41, 5.74) is 1.01. The van der Waals surface area contributed by atoms with Gasteiger partial charge in [0.1, 0.15) is 24.1 Å². The van der Waals surface area contributed by atoms with Crippen molar-refractivity contribution >= 4 is 27.5 Å². The van der Waals surface area contributed by atoms with E-state index in [0.29, 0.717) is 12.3 Å². The standard InChI is InChI=1S/C23H31N3O6S/c1-6-24-23(28)17(2)25(15-18-10-8-7-9-11-18)22(27)16-26(33(5,29)30)20-13-12-19(31-3)14-21(20)32-4/h7-14,17H,6,15-16H2,1-5H3,(H,24,28). The molecule has 0 aromatic heterocycles. The highest BCUT2D eigenvalue weighted by Crippen LogP contribution is 2.33. The van der Waals surface area contributed by atoms with E-state index in [4.69, 9.17) is 9.47 Å². The Morgan fingerprint density at radius 3 is 2.27 bits per heavy atom. The zero-order chi connectivity index (χ0) is 24.6. The van der Waals surface area contributed by atoms with Gasteiger partial charge >= 0.3 is 0 Å². The van der Waals surface area contributed by atoms with Crippen molar-refractivity contribution in [1.82, 2.24) is 10.2 Å². The average Bonchev–Trinajstić information content (AvgIpc) is 2.80. The monoisotopic (exact) mass is 477 g/mol. The first-order valence-electron chi connectivity index (χ1n) is 10.4. The van der Waals surface area contributed by atoms with Crippen molar-refractivity contribution in [1.29, 1.82) is 0 Å². The number of carbonyl (C=O) groups excluding carboxylic acids is 2. The molecule has 0 aliphatic heterocycles. The summed E-state index contributed by atoms with van der Waals surface area (Å²) in [7, 11) is -0.978. The predicted octanol–water partition coefficient (Wildman–Crippen LogP) is 2.02. The molecule has 0 aliphatic rings. The highest BCUT2D eigenvalue weighted by Gasteiger charge is 2.31. The number of nitrogens with zero attached hydrogens (tertiary/aromatic N) is 2. The molecular weight excluding hydrogens is 446 g/mol. The van der Waals surface area contributed by atoms with Gasteiger partial charge in [-0.1, -0.05) is 30.3 Å². The van der Waals surface area contributed by atoms with Crippen LogP contribution in [0.4, 0.5) is 5.69 Å². The Labute approximate surface area is 195 Å². The SMILES string of the molecule is CCNC(=O)C(C)N(Cc1ccccc1)C(=O)CN(c1ccc(OC)cc1OC)S(C)(=O)=O. The van der Waals surface area contributed by atoms with E-state index in [1.807, 2.05) is 30.3 Å². The van der Waals surface area contributed by atoms with Gasteiger partial charge in [0.25, 0.3) is 0 Å². The molecule has 0 radical (unpaired) electrons. The second-order valence-electron chi connectivity index (χ2n) is 7.39. The van der Waals surface area contributed by atoms with Gasteiger partial charge in [-0.3, -0.25) is 13.9 Å². The summed E-state index contributed by atoms with van der Waals surface area (Å²) in [5.74, 6) is -0.138. The normalized spacial score (nSPS) is 11.9. The molecule has 1 N–H and O–H groups in total. The maximum absolute atomic E-state index is 13.4. The quantitative estimate of drug-likeness (QED) is 0.531. The molecule has 0 fully saturated rings. The Kier molecular flexibility index (Phi) is 9.10. The predicted molar refractivity (Wildman–Crippen MR) is 127 cm³/mol. The summed E-state index contributed by atoms with van der Waals surface area (Å²) < 4.78 is 36.8. The van der Waals surface area contributed by atoms with Crippen LogP contribution in [0.5, 0.6) is 11.5 Å². The highest BCUT2D eigenvalue weighted by atomic mass is 32.2. The minimum atomic E-state index is -3.86. The molecule has 0 saturated heterocycles. The smallest absolute Gasteiger partial charge is 0.244 e. The first-order valence-corrected chi connectivity index (χ1v) is 12.3. The van der Waals surface area contributed by atoms with E-state index in [1.54, 1.807) is 19.9 Å². The molecule has 2 aromatic rings. The van der Waals surface area contributed by atoms with Crippen LogP contribution in [-0.2, 0) is 26.2 Å². The minimum Gasteiger partial charge on any atom is -0.497 e. The van der Waals surface area contributed by atoms with Crippen LogP contribution >= 0.6 is 0 Å². The second-order valence-corrected chi connectivity index (χ2v) is 9.29. The molecule has 9 nitrogen and oxygen atoms in total. The van der Waals surface area contributed by atoms with Crippen molar-refractivity contribution in [3.05, 3.63) is 54.1 Å². The van der Waals surface area contributed by atoms with Gasteiger partial charge in [0, 0.05) is 19.2 Å². The molecule has 10 heteroatoms. The Balaban J connectivity index is 2.43.